The Bertz CT molecular complexity index is 704. The Morgan fingerprint density at radius 3 is 2.67 bits per heavy atom. The smallest absolute Gasteiger partial charge is 0.163 e. The fourth-order valence-corrected chi connectivity index (χ4v) is 2.68. The van der Waals surface area contributed by atoms with E-state index in [4.69, 9.17) is 10.5 Å². The second-order valence-corrected chi connectivity index (χ2v) is 6.22. The second kappa shape index (κ2) is 6.58. The monoisotopic (exact) mass is 415 g/mol. The molecule has 0 aromatic heterocycles. The Kier molecular flexibility index (Phi) is 5.00. The van der Waals surface area contributed by atoms with Gasteiger partial charge in [0, 0.05) is 14.5 Å². The number of halogens is 3. The lowest BCUT2D eigenvalue weighted by molar-refractivity contribution is 0.101. The van der Waals surface area contributed by atoms with Gasteiger partial charge in [-0.25, -0.2) is 4.39 Å². The summed E-state index contributed by atoms with van der Waals surface area (Å²) in [7, 11) is 0. The largest absolute Gasteiger partial charge is 0.486 e. The van der Waals surface area contributed by atoms with Crippen LogP contribution >= 0.6 is 31.9 Å². The number of nitrogens with two attached hydrogens (primary N) is 1. The number of ether oxygens (including phenoxy) is 1. The fraction of sp³-hybridized carbons (Fsp3) is 0.133. The summed E-state index contributed by atoms with van der Waals surface area (Å²) >= 11 is 6.62. The Labute approximate surface area is 138 Å². The van der Waals surface area contributed by atoms with Crippen molar-refractivity contribution in [2.24, 2.45) is 0 Å². The maximum atomic E-state index is 13.3. The Morgan fingerprint density at radius 2 is 2.00 bits per heavy atom. The first-order chi connectivity index (χ1) is 9.88. The van der Waals surface area contributed by atoms with Gasteiger partial charge in [0.15, 0.2) is 11.5 Å². The van der Waals surface area contributed by atoms with Crippen molar-refractivity contribution in [1.82, 2.24) is 0 Å². The number of benzene rings is 2. The average molecular weight is 417 g/mol. The maximum Gasteiger partial charge on any atom is 0.163 e. The molecule has 2 rings (SSSR count). The quantitative estimate of drug-likeness (QED) is 0.579. The van der Waals surface area contributed by atoms with E-state index < -0.39 is 0 Å². The number of ketones is 1. The van der Waals surface area contributed by atoms with Crippen molar-refractivity contribution in [2.45, 2.75) is 13.5 Å². The van der Waals surface area contributed by atoms with Gasteiger partial charge in [0.25, 0.3) is 0 Å². The van der Waals surface area contributed by atoms with Gasteiger partial charge in [0.1, 0.15) is 12.4 Å². The van der Waals surface area contributed by atoms with E-state index in [9.17, 15) is 9.18 Å². The zero-order valence-electron chi connectivity index (χ0n) is 11.1. The maximum absolute atomic E-state index is 13.3. The normalized spacial score (nSPS) is 10.5. The number of hydrogen-bond acceptors (Lipinski definition) is 3. The Hall–Kier alpha value is -1.40. The van der Waals surface area contributed by atoms with Gasteiger partial charge in [0.2, 0.25) is 0 Å². The molecule has 0 unspecified atom stereocenters. The van der Waals surface area contributed by atoms with Gasteiger partial charge >= 0.3 is 0 Å². The van der Waals surface area contributed by atoms with Crippen LogP contribution in [0.5, 0.6) is 5.75 Å². The predicted octanol–water partition coefficient (Wildman–Crippen LogP) is 4.71. The standard InChI is InChI=1S/C15H12Br2FNO2/c1-8(20)12-5-10(16)6-14(19)15(12)21-7-9-4-11(18)2-3-13(9)17/h2-6H,7,19H2,1H3. The van der Waals surface area contributed by atoms with Crippen LogP contribution in [0.3, 0.4) is 0 Å². The van der Waals surface area contributed by atoms with Crippen LogP contribution in [0.2, 0.25) is 0 Å². The van der Waals surface area contributed by atoms with E-state index in [1.807, 2.05) is 0 Å². The van der Waals surface area contributed by atoms with E-state index in [0.29, 0.717) is 27.0 Å². The Morgan fingerprint density at radius 1 is 1.29 bits per heavy atom. The molecule has 6 heteroatoms. The summed E-state index contributed by atoms with van der Waals surface area (Å²) < 4.78 is 20.3. The molecule has 21 heavy (non-hydrogen) atoms. The molecule has 2 N–H and O–H groups in total. The van der Waals surface area contributed by atoms with E-state index in [-0.39, 0.29) is 18.2 Å². The van der Waals surface area contributed by atoms with Gasteiger partial charge in [-0.2, -0.15) is 0 Å². The number of Topliss-reactive ketones (excluding diaryl/α,β-unsaturated/α-hetero) is 1. The van der Waals surface area contributed by atoms with Crippen molar-refractivity contribution in [3.05, 3.63) is 56.2 Å². The van der Waals surface area contributed by atoms with Crippen LogP contribution < -0.4 is 10.5 Å². The first kappa shape index (κ1) is 16.0. The van der Waals surface area contributed by atoms with Gasteiger partial charge < -0.3 is 10.5 Å². The summed E-state index contributed by atoms with van der Waals surface area (Å²) in [6.07, 6.45) is 0. The summed E-state index contributed by atoms with van der Waals surface area (Å²) in [5, 5.41) is 0. The topological polar surface area (TPSA) is 52.3 Å². The highest BCUT2D eigenvalue weighted by Crippen LogP contribution is 2.32. The Balaban J connectivity index is 2.32. The lowest BCUT2D eigenvalue weighted by Gasteiger charge is -2.14. The minimum Gasteiger partial charge on any atom is -0.486 e. The molecule has 0 bridgehead atoms. The number of anilines is 1. The van der Waals surface area contributed by atoms with E-state index in [1.165, 1.54) is 19.1 Å². The molecule has 0 aliphatic heterocycles. The van der Waals surface area contributed by atoms with Gasteiger partial charge in [-0.3, -0.25) is 4.79 Å². The third kappa shape index (κ3) is 3.83. The molecule has 2 aromatic carbocycles. The number of nitrogen functional groups attached to an aromatic ring is 1. The summed E-state index contributed by atoms with van der Waals surface area (Å²) in [5.74, 6) is -0.203. The van der Waals surface area contributed by atoms with Gasteiger partial charge in [-0.15, -0.1) is 0 Å². The van der Waals surface area contributed by atoms with E-state index in [0.717, 1.165) is 4.47 Å². The number of hydrogen-bond donors (Lipinski definition) is 1. The van der Waals surface area contributed by atoms with E-state index >= 15 is 0 Å². The van der Waals surface area contributed by atoms with Crippen molar-refractivity contribution in [1.29, 1.82) is 0 Å². The van der Waals surface area contributed by atoms with Crippen LogP contribution in [-0.4, -0.2) is 5.78 Å². The zero-order chi connectivity index (χ0) is 15.6. The highest BCUT2D eigenvalue weighted by Gasteiger charge is 2.14. The van der Waals surface area contributed by atoms with Crippen molar-refractivity contribution >= 4 is 43.3 Å². The van der Waals surface area contributed by atoms with Gasteiger partial charge in [-0.05, 0) is 37.3 Å². The molecular weight excluding hydrogens is 405 g/mol. The zero-order valence-corrected chi connectivity index (χ0v) is 14.3. The van der Waals surface area contributed by atoms with Crippen LogP contribution in [0.25, 0.3) is 0 Å². The molecule has 2 aromatic rings. The van der Waals surface area contributed by atoms with Gasteiger partial charge in [0.05, 0.1) is 11.3 Å². The van der Waals surface area contributed by atoms with Crippen LogP contribution in [0, 0.1) is 5.82 Å². The van der Waals surface area contributed by atoms with Crippen molar-refractivity contribution in [2.75, 3.05) is 5.73 Å². The van der Waals surface area contributed by atoms with Crippen LogP contribution in [0.15, 0.2) is 39.3 Å². The molecular formula is C15H12Br2FNO2. The lowest BCUT2D eigenvalue weighted by Crippen LogP contribution is -2.05. The number of carbonyl (C=O) groups excluding carboxylic acids is 1. The first-order valence-electron chi connectivity index (χ1n) is 6.05. The first-order valence-corrected chi connectivity index (χ1v) is 7.63. The highest BCUT2D eigenvalue weighted by molar-refractivity contribution is 9.10. The van der Waals surface area contributed by atoms with Crippen molar-refractivity contribution in [3.8, 4) is 5.75 Å². The molecule has 0 saturated carbocycles. The minimum atomic E-state index is -0.354. The molecule has 3 nitrogen and oxygen atoms in total. The summed E-state index contributed by atoms with van der Waals surface area (Å²) in [4.78, 5) is 11.7. The third-order valence-corrected chi connectivity index (χ3v) is 4.07. The number of rotatable bonds is 4. The van der Waals surface area contributed by atoms with Crippen LogP contribution in [0.4, 0.5) is 10.1 Å². The molecule has 0 saturated heterocycles. The fourth-order valence-electron chi connectivity index (χ4n) is 1.84. The molecule has 0 radical (unpaired) electrons. The molecule has 0 fully saturated rings. The lowest BCUT2D eigenvalue weighted by atomic mass is 10.1. The van der Waals surface area contributed by atoms with Gasteiger partial charge in [-0.1, -0.05) is 31.9 Å². The summed E-state index contributed by atoms with van der Waals surface area (Å²) in [6.45, 7) is 1.54. The molecule has 0 spiro atoms. The van der Waals surface area contributed by atoms with Crippen molar-refractivity contribution < 1.29 is 13.9 Å². The van der Waals surface area contributed by atoms with Crippen LogP contribution in [-0.2, 0) is 6.61 Å². The second-order valence-electron chi connectivity index (χ2n) is 4.45. The highest BCUT2D eigenvalue weighted by atomic mass is 79.9. The molecule has 0 atom stereocenters. The molecule has 110 valence electrons. The molecule has 0 heterocycles. The SMILES string of the molecule is CC(=O)c1cc(Br)cc(N)c1OCc1cc(F)ccc1Br. The van der Waals surface area contributed by atoms with E-state index in [1.54, 1.807) is 18.2 Å². The summed E-state index contributed by atoms with van der Waals surface area (Å²) in [6, 6.07) is 7.62. The third-order valence-electron chi connectivity index (χ3n) is 2.84. The molecule has 0 aliphatic rings. The molecule has 0 aliphatic carbocycles. The van der Waals surface area contributed by atoms with E-state index in [2.05, 4.69) is 31.9 Å². The summed E-state index contributed by atoms with van der Waals surface area (Å²) in [5.41, 5.74) is 7.26. The average Bonchev–Trinajstić information content (AvgIpc) is 2.40. The van der Waals surface area contributed by atoms with Crippen molar-refractivity contribution in [3.63, 3.8) is 0 Å². The van der Waals surface area contributed by atoms with Crippen LogP contribution in [0.1, 0.15) is 22.8 Å². The number of carbonyl (C=O) groups is 1. The minimum absolute atomic E-state index is 0.102. The molecule has 0 amide bonds. The predicted molar refractivity (Wildman–Crippen MR) is 87.0 cm³/mol.